The average Bonchev–Trinajstić information content (AvgIpc) is 2.63. The summed E-state index contributed by atoms with van der Waals surface area (Å²) >= 11 is 0. The SMILES string of the molecule is CCC1=CN=C2C(C(=O)N(C)C(=O)N2C)C1=NCc1ccc(F)cc1. The molecule has 0 aromatic heterocycles. The predicted molar refractivity (Wildman–Crippen MR) is 92.8 cm³/mol. The molecule has 1 aromatic carbocycles. The second-order valence-corrected chi connectivity index (χ2v) is 5.99. The van der Waals surface area contributed by atoms with Gasteiger partial charge < -0.3 is 0 Å². The number of fused-ring (bicyclic) bond motifs is 1. The van der Waals surface area contributed by atoms with Crippen LogP contribution in [0, 0.1) is 11.7 Å². The highest BCUT2D eigenvalue weighted by Gasteiger charge is 2.45. The van der Waals surface area contributed by atoms with Crippen LogP contribution in [0.3, 0.4) is 0 Å². The fourth-order valence-corrected chi connectivity index (χ4v) is 2.94. The summed E-state index contributed by atoms with van der Waals surface area (Å²) in [5.74, 6) is -0.933. The summed E-state index contributed by atoms with van der Waals surface area (Å²) in [5.41, 5.74) is 2.32. The molecule has 1 atom stereocenters. The molecule has 7 heteroatoms. The number of allylic oxidation sites excluding steroid dienone is 1. The van der Waals surface area contributed by atoms with Crippen LogP contribution in [0.5, 0.6) is 0 Å². The first-order valence-electron chi connectivity index (χ1n) is 8.05. The Labute approximate surface area is 145 Å². The molecule has 25 heavy (non-hydrogen) atoms. The van der Waals surface area contributed by atoms with Crippen LogP contribution in [0.2, 0.25) is 0 Å². The molecule has 2 heterocycles. The quantitative estimate of drug-likeness (QED) is 0.847. The normalized spacial score (nSPS) is 22.1. The van der Waals surface area contributed by atoms with Crippen molar-refractivity contribution in [1.29, 1.82) is 0 Å². The first kappa shape index (κ1) is 17.0. The molecule has 0 saturated carbocycles. The maximum Gasteiger partial charge on any atom is 0.331 e. The van der Waals surface area contributed by atoms with E-state index in [0.29, 0.717) is 24.5 Å². The molecule has 0 N–H and O–H groups in total. The van der Waals surface area contributed by atoms with Crippen LogP contribution in [0.4, 0.5) is 9.18 Å². The second kappa shape index (κ2) is 6.58. The maximum atomic E-state index is 13.0. The first-order chi connectivity index (χ1) is 11.9. The molecule has 0 spiro atoms. The van der Waals surface area contributed by atoms with Gasteiger partial charge in [-0.1, -0.05) is 19.1 Å². The van der Waals surface area contributed by atoms with Gasteiger partial charge in [-0.05, 0) is 29.7 Å². The highest BCUT2D eigenvalue weighted by molar-refractivity contribution is 6.33. The van der Waals surface area contributed by atoms with Crippen molar-refractivity contribution < 1.29 is 14.0 Å². The van der Waals surface area contributed by atoms with Gasteiger partial charge in [0.1, 0.15) is 17.6 Å². The molecule has 130 valence electrons. The Morgan fingerprint density at radius 1 is 1.16 bits per heavy atom. The zero-order valence-corrected chi connectivity index (χ0v) is 14.4. The largest absolute Gasteiger partial charge is 0.331 e. The smallest absolute Gasteiger partial charge is 0.284 e. The minimum atomic E-state index is -0.687. The minimum Gasteiger partial charge on any atom is -0.284 e. The number of hydrogen-bond donors (Lipinski definition) is 0. The summed E-state index contributed by atoms with van der Waals surface area (Å²) in [6.07, 6.45) is 2.34. The summed E-state index contributed by atoms with van der Waals surface area (Å²) in [4.78, 5) is 36.2. The third-order valence-electron chi connectivity index (χ3n) is 4.43. The van der Waals surface area contributed by atoms with E-state index < -0.39 is 11.9 Å². The number of aliphatic imine (C=N–C) groups is 2. The second-order valence-electron chi connectivity index (χ2n) is 5.99. The van der Waals surface area contributed by atoms with Gasteiger partial charge in [0.05, 0.1) is 12.3 Å². The van der Waals surface area contributed by atoms with E-state index in [1.807, 2.05) is 6.92 Å². The molecule has 2 aliphatic heterocycles. The lowest BCUT2D eigenvalue weighted by molar-refractivity contribution is -0.128. The number of imide groups is 1. The van der Waals surface area contributed by atoms with E-state index in [1.54, 1.807) is 25.4 Å². The fourth-order valence-electron chi connectivity index (χ4n) is 2.94. The maximum absolute atomic E-state index is 13.0. The number of amides is 3. The van der Waals surface area contributed by atoms with E-state index in [-0.39, 0.29) is 11.7 Å². The lowest BCUT2D eigenvalue weighted by Gasteiger charge is -2.37. The van der Waals surface area contributed by atoms with Gasteiger partial charge in [0.15, 0.2) is 0 Å². The zero-order valence-electron chi connectivity index (χ0n) is 14.4. The molecule has 0 bridgehead atoms. The van der Waals surface area contributed by atoms with E-state index >= 15 is 0 Å². The van der Waals surface area contributed by atoms with Gasteiger partial charge in [-0.15, -0.1) is 0 Å². The van der Waals surface area contributed by atoms with Gasteiger partial charge >= 0.3 is 6.03 Å². The highest BCUT2D eigenvalue weighted by Crippen LogP contribution is 2.27. The summed E-state index contributed by atoms with van der Waals surface area (Å²) in [5, 5.41) is 0. The summed E-state index contributed by atoms with van der Waals surface area (Å²) in [6, 6.07) is 5.68. The number of halogens is 1. The zero-order chi connectivity index (χ0) is 18.1. The Balaban J connectivity index is 1.98. The molecule has 3 rings (SSSR count). The fraction of sp³-hybridized carbons (Fsp3) is 0.333. The molecular formula is C18H19FN4O2. The number of carbonyl (C=O) groups is 2. The number of hydrogen-bond acceptors (Lipinski definition) is 4. The number of urea groups is 1. The summed E-state index contributed by atoms with van der Waals surface area (Å²) in [6.45, 7) is 2.29. The Hall–Kier alpha value is -2.83. The molecule has 0 radical (unpaired) electrons. The van der Waals surface area contributed by atoms with Crippen LogP contribution in [0.15, 0.2) is 46.0 Å². The number of rotatable bonds is 3. The topological polar surface area (TPSA) is 65.3 Å². The Bertz CT molecular complexity index is 811. The number of amidine groups is 1. The van der Waals surface area contributed by atoms with Crippen LogP contribution >= 0.6 is 0 Å². The van der Waals surface area contributed by atoms with Gasteiger partial charge in [-0.2, -0.15) is 0 Å². The van der Waals surface area contributed by atoms with Crippen molar-refractivity contribution in [2.24, 2.45) is 15.9 Å². The van der Waals surface area contributed by atoms with Crippen molar-refractivity contribution in [1.82, 2.24) is 9.80 Å². The molecule has 6 nitrogen and oxygen atoms in total. The third-order valence-corrected chi connectivity index (χ3v) is 4.43. The van der Waals surface area contributed by atoms with Crippen LogP contribution in [0.25, 0.3) is 0 Å². The van der Waals surface area contributed by atoms with Crippen molar-refractivity contribution in [3.8, 4) is 0 Å². The van der Waals surface area contributed by atoms with Crippen molar-refractivity contribution in [2.75, 3.05) is 14.1 Å². The van der Waals surface area contributed by atoms with Crippen molar-refractivity contribution >= 4 is 23.5 Å². The van der Waals surface area contributed by atoms with Crippen LogP contribution in [-0.4, -0.2) is 47.4 Å². The third kappa shape index (κ3) is 2.97. The molecule has 3 amide bonds. The molecule has 1 unspecified atom stereocenters. The van der Waals surface area contributed by atoms with Crippen LogP contribution in [0.1, 0.15) is 18.9 Å². The van der Waals surface area contributed by atoms with Gasteiger partial charge in [0, 0.05) is 20.3 Å². The molecule has 0 aliphatic carbocycles. The average molecular weight is 342 g/mol. The lowest BCUT2D eigenvalue weighted by atomic mass is 9.89. The Morgan fingerprint density at radius 2 is 1.84 bits per heavy atom. The lowest BCUT2D eigenvalue weighted by Crippen LogP contribution is -2.59. The Kier molecular flexibility index (Phi) is 4.48. The first-order valence-corrected chi connectivity index (χ1v) is 8.05. The van der Waals surface area contributed by atoms with Crippen molar-refractivity contribution in [3.63, 3.8) is 0 Å². The number of benzene rings is 1. The van der Waals surface area contributed by atoms with E-state index in [4.69, 9.17) is 0 Å². The molecule has 1 fully saturated rings. The summed E-state index contributed by atoms with van der Waals surface area (Å²) in [7, 11) is 3.05. The predicted octanol–water partition coefficient (Wildman–Crippen LogP) is 2.61. The molecular weight excluding hydrogens is 323 g/mol. The highest BCUT2D eigenvalue weighted by atomic mass is 19.1. The Morgan fingerprint density at radius 3 is 2.48 bits per heavy atom. The molecule has 1 saturated heterocycles. The number of nitrogens with zero attached hydrogens (tertiary/aromatic N) is 4. The van der Waals surface area contributed by atoms with Gasteiger partial charge in [-0.3, -0.25) is 19.6 Å². The number of carbonyl (C=O) groups excluding carboxylic acids is 2. The van der Waals surface area contributed by atoms with Crippen LogP contribution in [-0.2, 0) is 11.3 Å². The standard InChI is InChI=1S/C18H19FN4O2/c1-4-12-10-21-16-14(17(24)23(3)18(25)22(16)2)15(12)20-9-11-5-7-13(19)8-6-11/h5-8,10,14H,4,9H2,1-3H3. The molecule has 1 aromatic rings. The molecule has 2 aliphatic rings. The van der Waals surface area contributed by atoms with Crippen LogP contribution < -0.4 is 0 Å². The van der Waals surface area contributed by atoms with E-state index in [9.17, 15) is 14.0 Å². The van der Waals surface area contributed by atoms with Crippen molar-refractivity contribution in [2.45, 2.75) is 19.9 Å². The van der Waals surface area contributed by atoms with Gasteiger partial charge in [0.25, 0.3) is 0 Å². The van der Waals surface area contributed by atoms with E-state index in [0.717, 1.165) is 16.0 Å². The van der Waals surface area contributed by atoms with Crippen molar-refractivity contribution in [3.05, 3.63) is 47.4 Å². The summed E-state index contributed by atoms with van der Waals surface area (Å²) < 4.78 is 13.0. The minimum absolute atomic E-state index is 0.304. The monoisotopic (exact) mass is 342 g/mol. The van der Waals surface area contributed by atoms with E-state index in [2.05, 4.69) is 9.98 Å². The van der Waals surface area contributed by atoms with Gasteiger partial charge in [-0.25, -0.2) is 14.2 Å². The van der Waals surface area contributed by atoms with Gasteiger partial charge in [0.2, 0.25) is 5.91 Å². The van der Waals surface area contributed by atoms with E-state index in [1.165, 1.54) is 24.1 Å².